The predicted octanol–water partition coefficient (Wildman–Crippen LogP) is 3.02. The molecule has 0 saturated heterocycles. The van der Waals surface area contributed by atoms with E-state index in [1.807, 2.05) is 0 Å². The van der Waals surface area contributed by atoms with Gasteiger partial charge in [-0.05, 0) is 6.07 Å². The Balaban J connectivity index is 3.02. The summed E-state index contributed by atoms with van der Waals surface area (Å²) in [5.41, 5.74) is -0.113. The number of alkyl halides is 1. The molecule has 0 aliphatic rings. The highest BCUT2D eigenvalue weighted by atomic mass is 79.9. The van der Waals surface area contributed by atoms with Crippen LogP contribution in [0.3, 0.4) is 0 Å². The first kappa shape index (κ1) is 11.3. The van der Waals surface area contributed by atoms with Crippen molar-refractivity contribution in [2.75, 3.05) is 11.9 Å². The zero-order chi connectivity index (χ0) is 10.6. The van der Waals surface area contributed by atoms with Crippen molar-refractivity contribution in [3.05, 3.63) is 33.3 Å². The molecule has 1 rings (SSSR count). The minimum absolute atomic E-state index is 0.113. The number of rotatable bonds is 4. The summed E-state index contributed by atoms with van der Waals surface area (Å²) in [5.74, 6) is 0.124. The Labute approximate surface area is 94.1 Å². The molecule has 0 spiro atoms. The number of hydrogen-bond donors (Lipinski definition) is 0. The quantitative estimate of drug-likeness (QED) is 0.484. The highest BCUT2D eigenvalue weighted by molar-refractivity contribution is 9.09. The molecule has 0 heterocycles. The van der Waals surface area contributed by atoms with Gasteiger partial charge in [-0.25, -0.2) is 0 Å². The molecule has 0 amide bonds. The van der Waals surface area contributed by atoms with E-state index in [1.54, 1.807) is 6.07 Å². The van der Waals surface area contributed by atoms with Crippen molar-refractivity contribution in [3.8, 4) is 5.75 Å². The summed E-state index contributed by atoms with van der Waals surface area (Å²) in [4.78, 5) is 10.1. The Bertz CT molecular complexity index is 345. The molecule has 1 aromatic carbocycles. The van der Waals surface area contributed by atoms with E-state index in [0.717, 1.165) is 0 Å². The van der Waals surface area contributed by atoms with Crippen LogP contribution < -0.4 is 4.74 Å². The maximum atomic E-state index is 10.6. The van der Waals surface area contributed by atoms with E-state index in [0.29, 0.717) is 11.9 Å². The normalized spacial score (nSPS) is 9.86. The van der Waals surface area contributed by atoms with Crippen molar-refractivity contribution in [2.24, 2.45) is 0 Å². The smallest absolute Gasteiger partial charge is 0.312 e. The summed E-state index contributed by atoms with van der Waals surface area (Å²) in [7, 11) is 0. The van der Waals surface area contributed by atoms with E-state index in [4.69, 9.17) is 16.3 Å². The highest BCUT2D eigenvalue weighted by Gasteiger charge is 2.17. The Morgan fingerprint density at radius 3 is 2.86 bits per heavy atom. The van der Waals surface area contributed by atoms with Crippen LogP contribution >= 0.6 is 27.5 Å². The number of nitro groups is 1. The van der Waals surface area contributed by atoms with Gasteiger partial charge in [0.25, 0.3) is 0 Å². The maximum Gasteiger partial charge on any atom is 0.312 e. The molecule has 6 heteroatoms. The number of hydrogen-bond acceptors (Lipinski definition) is 3. The Hall–Kier alpha value is -0.810. The van der Waals surface area contributed by atoms with E-state index in [2.05, 4.69) is 15.9 Å². The van der Waals surface area contributed by atoms with Crippen molar-refractivity contribution in [3.63, 3.8) is 0 Å². The van der Waals surface area contributed by atoms with Gasteiger partial charge in [0.05, 0.1) is 16.6 Å². The van der Waals surface area contributed by atoms with Gasteiger partial charge in [0.1, 0.15) is 0 Å². The van der Waals surface area contributed by atoms with E-state index >= 15 is 0 Å². The first-order valence-corrected chi connectivity index (χ1v) is 5.28. The number of ether oxygens (including phenoxy) is 1. The van der Waals surface area contributed by atoms with Crippen molar-refractivity contribution >= 4 is 33.2 Å². The number of halogens is 2. The average Bonchev–Trinajstić information content (AvgIpc) is 2.15. The van der Waals surface area contributed by atoms with Crippen LogP contribution in [0.15, 0.2) is 18.2 Å². The molecular weight excluding hydrogens is 273 g/mol. The highest BCUT2D eigenvalue weighted by Crippen LogP contribution is 2.34. The molecule has 0 aliphatic carbocycles. The second-order valence-electron chi connectivity index (χ2n) is 2.38. The largest absolute Gasteiger partial charge is 0.485 e. The van der Waals surface area contributed by atoms with Gasteiger partial charge in [-0.2, -0.15) is 0 Å². The molecular formula is C8H7BrClNO3. The topological polar surface area (TPSA) is 52.4 Å². The van der Waals surface area contributed by atoms with Crippen molar-refractivity contribution in [1.29, 1.82) is 0 Å². The van der Waals surface area contributed by atoms with Crippen LogP contribution in [-0.4, -0.2) is 16.9 Å². The lowest BCUT2D eigenvalue weighted by molar-refractivity contribution is -0.385. The molecule has 0 saturated carbocycles. The zero-order valence-corrected chi connectivity index (χ0v) is 9.42. The van der Waals surface area contributed by atoms with E-state index in [1.165, 1.54) is 12.1 Å². The van der Waals surface area contributed by atoms with Crippen molar-refractivity contribution < 1.29 is 9.66 Å². The SMILES string of the molecule is O=[N+]([O-])c1cccc(Cl)c1OCCBr. The first-order valence-electron chi connectivity index (χ1n) is 3.78. The average molecular weight is 281 g/mol. The molecule has 0 atom stereocenters. The molecule has 76 valence electrons. The Kier molecular flexibility index (Phi) is 4.16. The van der Waals surface area contributed by atoms with Gasteiger partial charge < -0.3 is 4.74 Å². The molecule has 4 nitrogen and oxygen atoms in total. The zero-order valence-electron chi connectivity index (χ0n) is 7.07. The van der Waals surface area contributed by atoms with Crippen LogP contribution in [0, 0.1) is 10.1 Å². The monoisotopic (exact) mass is 279 g/mol. The maximum absolute atomic E-state index is 10.6. The fourth-order valence-corrected chi connectivity index (χ4v) is 1.31. The van der Waals surface area contributed by atoms with Gasteiger partial charge in [-0.1, -0.05) is 33.6 Å². The molecule has 0 fully saturated rings. The molecule has 0 N–H and O–H groups in total. The summed E-state index contributed by atoms with van der Waals surface area (Å²) in [5, 5.41) is 11.4. The van der Waals surface area contributed by atoms with E-state index in [9.17, 15) is 10.1 Å². The van der Waals surface area contributed by atoms with Crippen LogP contribution in [-0.2, 0) is 0 Å². The summed E-state index contributed by atoms with van der Waals surface area (Å²) >= 11 is 8.92. The Morgan fingerprint density at radius 1 is 1.57 bits per heavy atom. The predicted molar refractivity (Wildman–Crippen MR) is 57.4 cm³/mol. The molecule has 0 bridgehead atoms. The van der Waals surface area contributed by atoms with Gasteiger partial charge in [-0.15, -0.1) is 0 Å². The molecule has 0 aliphatic heterocycles. The minimum Gasteiger partial charge on any atom is -0.485 e. The van der Waals surface area contributed by atoms with Crippen LogP contribution in [0.2, 0.25) is 5.02 Å². The third kappa shape index (κ3) is 2.59. The second-order valence-corrected chi connectivity index (χ2v) is 3.58. The molecule has 0 radical (unpaired) electrons. The second kappa shape index (κ2) is 5.17. The molecule has 0 aromatic heterocycles. The number of nitrogens with zero attached hydrogens (tertiary/aromatic N) is 1. The van der Waals surface area contributed by atoms with Crippen LogP contribution in [0.25, 0.3) is 0 Å². The standard InChI is InChI=1S/C8H7BrClNO3/c9-4-5-14-8-6(10)2-1-3-7(8)11(12)13/h1-3H,4-5H2. The van der Waals surface area contributed by atoms with Gasteiger partial charge in [0.15, 0.2) is 0 Å². The lowest BCUT2D eigenvalue weighted by Gasteiger charge is -2.05. The summed E-state index contributed by atoms with van der Waals surface area (Å²) < 4.78 is 5.16. The van der Waals surface area contributed by atoms with Gasteiger partial charge >= 0.3 is 5.69 Å². The molecule has 14 heavy (non-hydrogen) atoms. The lowest BCUT2D eigenvalue weighted by Crippen LogP contribution is -2.01. The van der Waals surface area contributed by atoms with Crippen molar-refractivity contribution in [1.82, 2.24) is 0 Å². The summed E-state index contributed by atoms with van der Waals surface area (Å²) in [6, 6.07) is 4.43. The molecule has 1 aromatic rings. The lowest BCUT2D eigenvalue weighted by atomic mass is 10.3. The summed E-state index contributed by atoms with van der Waals surface area (Å²) in [6.45, 7) is 0.338. The third-order valence-electron chi connectivity index (χ3n) is 1.47. The van der Waals surface area contributed by atoms with Crippen LogP contribution in [0.4, 0.5) is 5.69 Å². The third-order valence-corrected chi connectivity index (χ3v) is 2.09. The minimum atomic E-state index is -0.518. The summed E-state index contributed by atoms with van der Waals surface area (Å²) in [6.07, 6.45) is 0. The van der Waals surface area contributed by atoms with E-state index < -0.39 is 4.92 Å². The van der Waals surface area contributed by atoms with Crippen molar-refractivity contribution in [2.45, 2.75) is 0 Å². The number of benzene rings is 1. The van der Waals surface area contributed by atoms with Crippen LogP contribution in [0.1, 0.15) is 0 Å². The number of para-hydroxylation sites is 1. The van der Waals surface area contributed by atoms with E-state index in [-0.39, 0.29) is 16.5 Å². The molecule has 0 unspecified atom stereocenters. The Morgan fingerprint density at radius 2 is 2.29 bits per heavy atom. The fraction of sp³-hybridized carbons (Fsp3) is 0.250. The van der Waals surface area contributed by atoms with Gasteiger partial charge in [-0.3, -0.25) is 10.1 Å². The fourth-order valence-electron chi connectivity index (χ4n) is 0.925. The number of nitro benzene ring substituents is 1. The first-order chi connectivity index (χ1) is 6.66. The van der Waals surface area contributed by atoms with Gasteiger partial charge in [0.2, 0.25) is 5.75 Å². The van der Waals surface area contributed by atoms with Gasteiger partial charge in [0, 0.05) is 11.4 Å². The van der Waals surface area contributed by atoms with Crippen LogP contribution in [0.5, 0.6) is 5.75 Å².